The van der Waals surface area contributed by atoms with Gasteiger partial charge in [-0.15, -0.1) is 0 Å². The van der Waals surface area contributed by atoms with E-state index in [1.165, 1.54) is 13.2 Å². The molecule has 0 aliphatic rings. The van der Waals surface area contributed by atoms with Crippen molar-refractivity contribution in [2.45, 2.75) is 6.92 Å². The smallest absolute Gasteiger partial charge is 0.333 e. The first-order valence-electron chi connectivity index (χ1n) is 6.34. The molecule has 1 aromatic carbocycles. The summed E-state index contributed by atoms with van der Waals surface area (Å²) in [6.07, 6.45) is 2.98. The SMILES string of the molecule is C=C(C)C(=O)OCCOc1ccc(/C=C/C(=O)OC)cc1. The van der Waals surface area contributed by atoms with Gasteiger partial charge in [0.2, 0.25) is 0 Å². The maximum absolute atomic E-state index is 11.1. The second-order valence-electron chi connectivity index (χ2n) is 4.19. The fraction of sp³-hybridized carbons (Fsp3) is 0.250. The molecule has 0 spiro atoms. The summed E-state index contributed by atoms with van der Waals surface area (Å²) in [5.74, 6) is -0.187. The van der Waals surface area contributed by atoms with E-state index in [9.17, 15) is 9.59 Å². The molecule has 5 heteroatoms. The predicted octanol–water partition coefficient (Wildman–Crippen LogP) is 2.37. The Morgan fingerprint density at radius 3 is 2.43 bits per heavy atom. The molecule has 0 atom stereocenters. The number of methoxy groups -OCH3 is 1. The number of benzene rings is 1. The lowest BCUT2D eigenvalue weighted by Crippen LogP contribution is -2.12. The molecule has 1 rings (SSSR count). The molecule has 1 aromatic rings. The first kappa shape index (κ1) is 16.5. The number of hydrogen-bond acceptors (Lipinski definition) is 5. The second kappa shape index (κ2) is 8.58. The lowest BCUT2D eigenvalue weighted by atomic mass is 10.2. The summed E-state index contributed by atoms with van der Waals surface area (Å²) in [5.41, 5.74) is 1.21. The Labute approximate surface area is 123 Å². The Morgan fingerprint density at radius 1 is 1.19 bits per heavy atom. The van der Waals surface area contributed by atoms with Crippen LogP contribution >= 0.6 is 0 Å². The minimum Gasteiger partial charge on any atom is -0.490 e. The summed E-state index contributed by atoms with van der Waals surface area (Å²) in [7, 11) is 1.32. The topological polar surface area (TPSA) is 61.8 Å². The van der Waals surface area contributed by atoms with Gasteiger partial charge in [0.1, 0.15) is 19.0 Å². The minimum absolute atomic E-state index is 0.162. The van der Waals surface area contributed by atoms with E-state index in [2.05, 4.69) is 11.3 Å². The molecule has 0 amide bonds. The number of carbonyl (C=O) groups is 2. The number of carbonyl (C=O) groups excluding carboxylic acids is 2. The average Bonchev–Trinajstić information content (AvgIpc) is 2.49. The van der Waals surface area contributed by atoms with Gasteiger partial charge >= 0.3 is 11.9 Å². The molecule has 21 heavy (non-hydrogen) atoms. The van der Waals surface area contributed by atoms with Gasteiger partial charge in [-0.3, -0.25) is 0 Å². The van der Waals surface area contributed by atoms with E-state index in [0.717, 1.165) is 5.56 Å². The molecule has 0 radical (unpaired) electrons. The normalized spacial score (nSPS) is 10.2. The fourth-order valence-electron chi connectivity index (χ4n) is 1.32. The zero-order valence-electron chi connectivity index (χ0n) is 12.1. The third kappa shape index (κ3) is 6.42. The largest absolute Gasteiger partial charge is 0.490 e. The van der Waals surface area contributed by atoms with Gasteiger partial charge in [0.05, 0.1) is 7.11 Å². The van der Waals surface area contributed by atoms with Crippen LogP contribution in [0.1, 0.15) is 12.5 Å². The predicted molar refractivity (Wildman–Crippen MR) is 78.8 cm³/mol. The van der Waals surface area contributed by atoms with Crippen LogP contribution in [-0.4, -0.2) is 32.3 Å². The van der Waals surface area contributed by atoms with Crippen molar-refractivity contribution in [1.29, 1.82) is 0 Å². The van der Waals surface area contributed by atoms with Crippen molar-refractivity contribution >= 4 is 18.0 Å². The van der Waals surface area contributed by atoms with Crippen molar-refractivity contribution in [1.82, 2.24) is 0 Å². The van der Waals surface area contributed by atoms with E-state index in [1.807, 2.05) is 0 Å². The van der Waals surface area contributed by atoms with Gasteiger partial charge in [-0.25, -0.2) is 9.59 Å². The van der Waals surface area contributed by atoms with Crippen LogP contribution < -0.4 is 4.74 Å². The summed E-state index contributed by atoms with van der Waals surface area (Å²) >= 11 is 0. The van der Waals surface area contributed by atoms with Crippen LogP contribution in [0, 0.1) is 0 Å². The summed E-state index contributed by atoms with van der Waals surface area (Å²) < 4.78 is 14.8. The molecular formula is C16H18O5. The first-order chi connectivity index (χ1) is 10.0. The number of esters is 2. The maximum atomic E-state index is 11.1. The molecule has 112 valence electrons. The standard InChI is InChI=1S/C16H18O5/c1-12(2)16(18)21-11-10-20-14-7-4-13(5-8-14)6-9-15(17)19-3/h4-9H,1,10-11H2,2-3H3/b9-6+. The monoisotopic (exact) mass is 290 g/mol. The molecule has 0 unspecified atom stereocenters. The summed E-state index contributed by atoms with van der Waals surface area (Å²) in [5, 5.41) is 0. The van der Waals surface area contributed by atoms with Crippen LogP contribution in [0.3, 0.4) is 0 Å². The van der Waals surface area contributed by atoms with Crippen molar-refractivity contribution in [3.8, 4) is 5.75 Å². The highest BCUT2D eigenvalue weighted by Crippen LogP contribution is 2.13. The van der Waals surface area contributed by atoms with E-state index in [0.29, 0.717) is 11.3 Å². The fourth-order valence-corrected chi connectivity index (χ4v) is 1.32. The lowest BCUT2D eigenvalue weighted by Gasteiger charge is -2.07. The Hall–Kier alpha value is -2.56. The third-order valence-electron chi connectivity index (χ3n) is 2.43. The van der Waals surface area contributed by atoms with Crippen molar-refractivity contribution in [3.05, 3.63) is 48.1 Å². The third-order valence-corrected chi connectivity index (χ3v) is 2.43. The molecule has 0 bridgehead atoms. The molecular weight excluding hydrogens is 272 g/mol. The molecule has 0 N–H and O–H groups in total. The molecule has 0 aromatic heterocycles. The quantitative estimate of drug-likeness (QED) is 0.438. The highest BCUT2D eigenvalue weighted by atomic mass is 16.6. The Balaban J connectivity index is 2.38. The van der Waals surface area contributed by atoms with Crippen LogP contribution in [0.15, 0.2) is 42.5 Å². The second-order valence-corrected chi connectivity index (χ2v) is 4.19. The molecule has 0 fully saturated rings. The molecule has 0 saturated carbocycles. The zero-order valence-corrected chi connectivity index (χ0v) is 12.1. The molecule has 0 aliphatic carbocycles. The molecule has 0 saturated heterocycles. The van der Waals surface area contributed by atoms with Gasteiger partial charge in [-0.1, -0.05) is 18.7 Å². The highest BCUT2D eigenvalue weighted by Gasteiger charge is 2.02. The first-order valence-corrected chi connectivity index (χ1v) is 6.34. The van der Waals surface area contributed by atoms with Gasteiger partial charge in [-0.2, -0.15) is 0 Å². The van der Waals surface area contributed by atoms with Crippen LogP contribution in [0.5, 0.6) is 5.75 Å². The number of rotatable bonds is 7. The van der Waals surface area contributed by atoms with E-state index in [1.54, 1.807) is 37.3 Å². The Morgan fingerprint density at radius 2 is 1.86 bits per heavy atom. The molecule has 0 aliphatic heterocycles. The van der Waals surface area contributed by atoms with Gasteiger partial charge in [0.15, 0.2) is 0 Å². The molecule has 5 nitrogen and oxygen atoms in total. The van der Waals surface area contributed by atoms with Crippen molar-refractivity contribution in [2.75, 3.05) is 20.3 Å². The van der Waals surface area contributed by atoms with Crippen molar-refractivity contribution < 1.29 is 23.8 Å². The van der Waals surface area contributed by atoms with Crippen LogP contribution in [0.25, 0.3) is 6.08 Å². The van der Waals surface area contributed by atoms with E-state index in [-0.39, 0.29) is 13.2 Å². The van der Waals surface area contributed by atoms with Gasteiger partial charge in [0, 0.05) is 11.6 Å². The van der Waals surface area contributed by atoms with Crippen molar-refractivity contribution in [2.24, 2.45) is 0 Å². The van der Waals surface area contributed by atoms with Crippen molar-refractivity contribution in [3.63, 3.8) is 0 Å². The van der Waals surface area contributed by atoms with Crippen LogP contribution in [0.4, 0.5) is 0 Å². The zero-order chi connectivity index (χ0) is 15.7. The van der Waals surface area contributed by atoms with E-state index < -0.39 is 11.9 Å². The van der Waals surface area contributed by atoms with E-state index in [4.69, 9.17) is 9.47 Å². The average molecular weight is 290 g/mol. The number of hydrogen-bond donors (Lipinski definition) is 0. The summed E-state index contributed by atoms with van der Waals surface area (Å²) in [6, 6.07) is 7.12. The van der Waals surface area contributed by atoms with Crippen LogP contribution in [-0.2, 0) is 19.1 Å². The number of ether oxygens (including phenoxy) is 3. The van der Waals surface area contributed by atoms with Gasteiger partial charge < -0.3 is 14.2 Å². The molecule has 0 heterocycles. The van der Waals surface area contributed by atoms with Crippen LogP contribution in [0.2, 0.25) is 0 Å². The minimum atomic E-state index is -0.429. The Bertz CT molecular complexity index is 528. The lowest BCUT2D eigenvalue weighted by molar-refractivity contribution is -0.139. The summed E-state index contributed by atoms with van der Waals surface area (Å²) in [6.45, 7) is 5.49. The maximum Gasteiger partial charge on any atom is 0.333 e. The summed E-state index contributed by atoms with van der Waals surface area (Å²) in [4.78, 5) is 22.1. The Kier molecular flexibility index (Phi) is 6.74. The van der Waals surface area contributed by atoms with Gasteiger partial charge in [-0.05, 0) is 30.7 Å². The highest BCUT2D eigenvalue weighted by molar-refractivity contribution is 5.87. The van der Waals surface area contributed by atoms with E-state index >= 15 is 0 Å². The van der Waals surface area contributed by atoms with Gasteiger partial charge in [0.25, 0.3) is 0 Å².